The lowest BCUT2D eigenvalue weighted by Gasteiger charge is -2.05. The summed E-state index contributed by atoms with van der Waals surface area (Å²) in [6.07, 6.45) is 1.91. The van der Waals surface area contributed by atoms with Gasteiger partial charge in [0.1, 0.15) is 0 Å². The van der Waals surface area contributed by atoms with Crippen molar-refractivity contribution in [3.05, 3.63) is 70.8 Å². The van der Waals surface area contributed by atoms with Gasteiger partial charge >= 0.3 is 11.8 Å². The van der Waals surface area contributed by atoms with Gasteiger partial charge in [0.25, 0.3) is 0 Å². The highest BCUT2D eigenvalue weighted by Gasteiger charge is 2.12. The molecule has 0 aromatic heterocycles. The second-order valence-corrected chi connectivity index (χ2v) is 6.38. The number of rotatable bonds is 6. The Morgan fingerprint density at radius 2 is 1.00 bits per heavy atom. The minimum atomic E-state index is -0.873. The van der Waals surface area contributed by atoms with E-state index in [4.69, 9.17) is 0 Å². The molecule has 0 aliphatic carbocycles. The molecule has 0 fully saturated rings. The average Bonchev–Trinajstić information content (AvgIpc) is 2.75. The molecule has 28 heavy (non-hydrogen) atoms. The van der Waals surface area contributed by atoms with E-state index >= 15 is 0 Å². The third-order valence-corrected chi connectivity index (χ3v) is 4.42. The number of carbonyl (C=O) groups is 2. The molecular weight excluding hydrogens is 352 g/mol. The largest absolute Gasteiger partial charge is 0.331 e. The summed E-state index contributed by atoms with van der Waals surface area (Å²) in [6, 6.07) is 15.8. The molecule has 0 heterocycles. The Bertz CT molecular complexity index is 806. The number of amides is 2. The van der Waals surface area contributed by atoms with E-state index in [1.807, 2.05) is 48.5 Å². The molecule has 0 aliphatic rings. The lowest BCUT2D eigenvalue weighted by Crippen LogP contribution is -2.36. The summed E-state index contributed by atoms with van der Waals surface area (Å²) in [4.78, 5) is 23.8. The van der Waals surface area contributed by atoms with Crippen LogP contribution in [-0.2, 0) is 22.4 Å². The smallest absolute Gasteiger partial charge is 0.262 e. The number of hydrogen-bond donors (Lipinski definition) is 2. The molecule has 0 radical (unpaired) electrons. The summed E-state index contributed by atoms with van der Waals surface area (Å²) in [5.74, 6) is -1.75. The number of benzene rings is 2. The van der Waals surface area contributed by atoms with Gasteiger partial charge in [-0.1, -0.05) is 62.4 Å². The van der Waals surface area contributed by atoms with E-state index in [0.717, 1.165) is 24.0 Å². The van der Waals surface area contributed by atoms with Gasteiger partial charge < -0.3 is 0 Å². The van der Waals surface area contributed by atoms with Gasteiger partial charge in [-0.15, -0.1) is 0 Å². The number of hydrogen-bond acceptors (Lipinski definition) is 4. The lowest BCUT2D eigenvalue weighted by molar-refractivity contribution is -0.139. The molecule has 0 aliphatic heterocycles. The zero-order valence-electron chi connectivity index (χ0n) is 16.7. The van der Waals surface area contributed by atoms with Gasteiger partial charge in [-0.25, -0.2) is 10.9 Å². The van der Waals surface area contributed by atoms with E-state index in [1.165, 1.54) is 11.1 Å². The predicted molar refractivity (Wildman–Crippen MR) is 112 cm³/mol. The summed E-state index contributed by atoms with van der Waals surface area (Å²) < 4.78 is 0. The molecule has 6 nitrogen and oxygen atoms in total. The Hall–Kier alpha value is -3.28. The zero-order valence-corrected chi connectivity index (χ0v) is 16.7. The maximum absolute atomic E-state index is 11.9. The summed E-state index contributed by atoms with van der Waals surface area (Å²) in [7, 11) is 0. The first-order valence-electron chi connectivity index (χ1n) is 9.32. The van der Waals surface area contributed by atoms with Crippen LogP contribution in [0.4, 0.5) is 0 Å². The molecule has 2 rings (SSSR count). The summed E-state index contributed by atoms with van der Waals surface area (Å²) in [5, 5.41) is 7.97. The van der Waals surface area contributed by atoms with Crippen molar-refractivity contribution < 1.29 is 9.59 Å². The van der Waals surface area contributed by atoms with E-state index in [-0.39, 0.29) is 0 Å². The Morgan fingerprint density at radius 3 is 1.29 bits per heavy atom. The minimum Gasteiger partial charge on any atom is -0.262 e. The second-order valence-electron chi connectivity index (χ2n) is 6.38. The van der Waals surface area contributed by atoms with E-state index in [1.54, 1.807) is 13.8 Å². The van der Waals surface area contributed by atoms with E-state index in [9.17, 15) is 9.59 Å². The van der Waals surface area contributed by atoms with Crippen LogP contribution >= 0.6 is 0 Å². The zero-order chi connectivity index (χ0) is 20.5. The predicted octanol–water partition coefficient (Wildman–Crippen LogP) is 3.19. The third kappa shape index (κ3) is 5.87. The third-order valence-electron chi connectivity index (χ3n) is 4.42. The Labute approximate surface area is 165 Å². The van der Waals surface area contributed by atoms with Crippen LogP contribution in [0.1, 0.15) is 49.9 Å². The molecule has 0 saturated heterocycles. The SMILES string of the molecule is CCc1ccc(/C(C)=N/NC(=O)C(=O)N/N=C(\C)c2ccc(CC)cc2)cc1. The molecule has 2 aromatic rings. The number of aryl methyl sites for hydroxylation is 2. The van der Waals surface area contributed by atoms with Crippen molar-refractivity contribution in [2.24, 2.45) is 10.2 Å². The van der Waals surface area contributed by atoms with Gasteiger partial charge in [-0.2, -0.15) is 10.2 Å². The molecule has 2 amide bonds. The standard InChI is InChI=1S/C22H26N4O2/c1-5-17-7-11-19(12-8-17)15(3)23-25-21(27)22(28)26-24-16(4)20-13-9-18(6-2)10-14-20/h7-14H,5-6H2,1-4H3,(H,25,27)(H,26,28)/b23-15+,24-16+. The molecule has 6 heteroatoms. The van der Waals surface area contributed by atoms with Gasteiger partial charge in [-0.05, 0) is 48.9 Å². The first-order valence-corrected chi connectivity index (χ1v) is 9.32. The van der Waals surface area contributed by atoms with Crippen molar-refractivity contribution in [3.8, 4) is 0 Å². The average molecular weight is 378 g/mol. The monoisotopic (exact) mass is 378 g/mol. The van der Waals surface area contributed by atoms with Crippen LogP contribution in [0.25, 0.3) is 0 Å². The van der Waals surface area contributed by atoms with E-state index in [2.05, 4.69) is 34.9 Å². The van der Waals surface area contributed by atoms with Crippen molar-refractivity contribution >= 4 is 23.2 Å². The van der Waals surface area contributed by atoms with Crippen molar-refractivity contribution in [1.82, 2.24) is 10.9 Å². The van der Waals surface area contributed by atoms with Gasteiger partial charge in [-0.3, -0.25) is 9.59 Å². The van der Waals surface area contributed by atoms with Crippen molar-refractivity contribution in [1.29, 1.82) is 0 Å². The topological polar surface area (TPSA) is 82.9 Å². The number of hydrazone groups is 2. The van der Waals surface area contributed by atoms with Crippen LogP contribution in [-0.4, -0.2) is 23.2 Å². The molecule has 0 bridgehead atoms. The van der Waals surface area contributed by atoms with Crippen LogP contribution in [0.15, 0.2) is 58.7 Å². The molecule has 0 saturated carbocycles. The molecule has 2 N–H and O–H groups in total. The molecule has 0 spiro atoms. The van der Waals surface area contributed by atoms with Gasteiger partial charge in [0.05, 0.1) is 11.4 Å². The highest BCUT2D eigenvalue weighted by Crippen LogP contribution is 2.07. The molecular formula is C22H26N4O2. The fourth-order valence-corrected chi connectivity index (χ4v) is 2.46. The Balaban J connectivity index is 1.93. The maximum atomic E-state index is 11.9. The molecule has 0 unspecified atom stereocenters. The first kappa shape index (κ1) is 21.0. The molecule has 2 aromatic carbocycles. The summed E-state index contributed by atoms with van der Waals surface area (Å²) >= 11 is 0. The van der Waals surface area contributed by atoms with E-state index < -0.39 is 11.8 Å². The number of carbonyl (C=O) groups excluding carboxylic acids is 2. The normalized spacial score (nSPS) is 11.9. The van der Waals surface area contributed by atoms with Crippen LogP contribution in [0.3, 0.4) is 0 Å². The maximum Gasteiger partial charge on any atom is 0.331 e. The highest BCUT2D eigenvalue weighted by molar-refractivity contribution is 6.35. The lowest BCUT2D eigenvalue weighted by atomic mass is 10.1. The van der Waals surface area contributed by atoms with Gasteiger partial charge in [0.15, 0.2) is 0 Å². The molecule has 0 atom stereocenters. The minimum absolute atomic E-state index is 0.611. The van der Waals surface area contributed by atoms with E-state index in [0.29, 0.717) is 11.4 Å². The van der Waals surface area contributed by atoms with Gasteiger partial charge in [0, 0.05) is 0 Å². The van der Waals surface area contributed by atoms with Crippen molar-refractivity contribution in [2.45, 2.75) is 40.5 Å². The van der Waals surface area contributed by atoms with Crippen molar-refractivity contribution in [3.63, 3.8) is 0 Å². The fourth-order valence-electron chi connectivity index (χ4n) is 2.46. The quantitative estimate of drug-likeness (QED) is 0.460. The van der Waals surface area contributed by atoms with Crippen molar-refractivity contribution in [2.75, 3.05) is 0 Å². The summed E-state index contributed by atoms with van der Waals surface area (Å²) in [5.41, 5.74) is 9.93. The fraction of sp³-hybridized carbons (Fsp3) is 0.273. The molecule has 146 valence electrons. The Kier molecular flexibility index (Phi) is 7.63. The van der Waals surface area contributed by atoms with Gasteiger partial charge in [0.2, 0.25) is 0 Å². The number of nitrogens with one attached hydrogen (secondary N) is 2. The first-order chi connectivity index (χ1) is 13.4. The second kappa shape index (κ2) is 10.2. The number of nitrogens with zero attached hydrogens (tertiary/aromatic N) is 2. The van der Waals surface area contributed by atoms with Crippen LogP contribution in [0.2, 0.25) is 0 Å². The van der Waals surface area contributed by atoms with Crippen LogP contribution in [0, 0.1) is 0 Å². The Morgan fingerprint density at radius 1 is 0.679 bits per heavy atom. The van der Waals surface area contributed by atoms with Crippen LogP contribution < -0.4 is 10.9 Å². The highest BCUT2D eigenvalue weighted by atomic mass is 16.2. The van der Waals surface area contributed by atoms with Crippen LogP contribution in [0.5, 0.6) is 0 Å². The summed E-state index contributed by atoms with van der Waals surface area (Å²) in [6.45, 7) is 7.70.